The predicted octanol–water partition coefficient (Wildman–Crippen LogP) is 2.17. The minimum Gasteiger partial charge on any atom is -0.338 e. The third-order valence-corrected chi connectivity index (χ3v) is 2.70. The Hall–Kier alpha value is -1.90. The normalized spacial score (nSPS) is 14.0. The quantitative estimate of drug-likeness (QED) is 0.701. The van der Waals surface area contributed by atoms with Crippen LogP contribution in [0.5, 0.6) is 0 Å². The van der Waals surface area contributed by atoms with Crippen molar-refractivity contribution >= 4 is 11.4 Å². The van der Waals surface area contributed by atoms with Gasteiger partial charge in [0.05, 0.1) is 17.6 Å². The zero-order valence-corrected chi connectivity index (χ0v) is 8.30. The number of para-hydroxylation sites is 1. The van der Waals surface area contributed by atoms with Gasteiger partial charge in [-0.1, -0.05) is 18.2 Å². The van der Waals surface area contributed by atoms with Crippen molar-refractivity contribution in [2.45, 2.75) is 6.42 Å². The molecule has 3 rings (SSSR count). The van der Waals surface area contributed by atoms with Crippen molar-refractivity contribution in [3.8, 4) is 0 Å². The summed E-state index contributed by atoms with van der Waals surface area (Å²) in [5.41, 5.74) is 3.50. The van der Waals surface area contributed by atoms with Crippen LogP contribution in [0.15, 0.2) is 42.9 Å². The van der Waals surface area contributed by atoms with Gasteiger partial charge in [-0.15, -0.1) is 0 Å². The van der Waals surface area contributed by atoms with Crippen LogP contribution in [0.25, 0.3) is 0 Å². The van der Waals surface area contributed by atoms with Crippen molar-refractivity contribution in [3.05, 3.63) is 48.5 Å². The van der Waals surface area contributed by atoms with Crippen LogP contribution in [-0.4, -0.2) is 16.5 Å². The summed E-state index contributed by atoms with van der Waals surface area (Å²) in [6.45, 7) is 0.998. The van der Waals surface area contributed by atoms with E-state index in [1.165, 1.54) is 5.69 Å². The highest BCUT2D eigenvalue weighted by Crippen LogP contribution is 2.31. The summed E-state index contributed by atoms with van der Waals surface area (Å²) in [6, 6.07) is 10.4. The first kappa shape index (κ1) is 8.41. The maximum absolute atomic E-state index is 4.28. The van der Waals surface area contributed by atoms with Crippen LogP contribution in [0.2, 0.25) is 0 Å². The third kappa shape index (κ3) is 1.36. The SMILES string of the molecule is c1ccc(N2CCc3ncncc32)cc1. The Morgan fingerprint density at radius 2 is 2.00 bits per heavy atom. The molecule has 0 radical (unpaired) electrons. The lowest BCUT2D eigenvalue weighted by Crippen LogP contribution is -2.12. The van der Waals surface area contributed by atoms with Gasteiger partial charge in [0.15, 0.2) is 0 Å². The molecule has 0 N–H and O–H groups in total. The summed E-state index contributed by atoms with van der Waals surface area (Å²) in [6.07, 6.45) is 4.52. The van der Waals surface area contributed by atoms with E-state index in [0.29, 0.717) is 0 Å². The molecule has 3 heteroatoms. The highest BCUT2D eigenvalue weighted by Gasteiger charge is 2.20. The van der Waals surface area contributed by atoms with Gasteiger partial charge in [-0.05, 0) is 12.1 Å². The van der Waals surface area contributed by atoms with Crippen LogP contribution < -0.4 is 4.90 Å². The number of benzene rings is 1. The molecular weight excluding hydrogens is 186 g/mol. The fourth-order valence-electron chi connectivity index (χ4n) is 1.98. The molecule has 1 aromatic carbocycles. The molecule has 0 bridgehead atoms. The fourth-order valence-corrected chi connectivity index (χ4v) is 1.98. The highest BCUT2D eigenvalue weighted by atomic mass is 15.2. The average Bonchev–Trinajstić information content (AvgIpc) is 2.74. The zero-order valence-electron chi connectivity index (χ0n) is 8.30. The fraction of sp³-hybridized carbons (Fsp3) is 0.167. The molecule has 15 heavy (non-hydrogen) atoms. The minimum absolute atomic E-state index is 0.998. The summed E-state index contributed by atoms with van der Waals surface area (Å²) >= 11 is 0. The van der Waals surface area contributed by atoms with Crippen LogP contribution >= 0.6 is 0 Å². The van der Waals surface area contributed by atoms with E-state index in [1.807, 2.05) is 12.3 Å². The van der Waals surface area contributed by atoms with E-state index < -0.39 is 0 Å². The van der Waals surface area contributed by atoms with E-state index >= 15 is 0 Å². The number of aromatic nitrogens is 2. The van der Waals surface area contributed by atoms with Crippen LogP contribution in [0.4, 0.5) is 11.4 Å². The van der Waals surface area contributed by atoms with Gasteiger partial charge >= 0.3 is 0 Å². The van der Waals surface area contributed by atoms with Gasteiger partial charge in [0.2, 0.25) is 0 Å². The Kier molecular flexibility index (Phi) is 1.88. The first-order chi connectivity index (χ1) is 7.45. The second-order valence-corrected chi connectivity index (χ2v) is 3.59. The summed E-state index contributed by atoms with van der Waals surface area (Å²) in [7, 11) is 0. The number of rotatable bonds is 1. The Balaban J connectivity index is 2.05. The van der Waals surface area contributed by atoms with Crippen LogP contribution in [0, 0.1) is 0 Å². The predicted molar refractivity (Wildman–Crippen MR) is 59.2 cm³/mol. The van der Waals surface area contributed by atoms with Gasteiger partial charge in [-0.3, -0.25) is 0 Å². The van der Waals surface area contributed by atoms with Crippen molar-refractivity contribution in [2.24, 2.45) is 0 Å². The molecule has 0 amide bonds. The lowest BCUT2D eigenvalue weighted by atomic mass is 10.3. The molecular formula is C12H11N3. The molecule has 74 valence electrons. The van der Waals surface area contributed by atoms with Gasteiger partial charge in [0.1, 0.15) is 6.33 Å². The number of fused-ring (bicyclic) bond motifs is 1. The summed E-state index contributed by atoms with van der Waals surface area (Å²) in [4.78, 5) is 10.6. The van der Waals surface area contributed by atoms with Crippen molar-refractivity contribution in [1.29, 1.82) is 0 Å². The largest absolute Gasteiger partial charge is 0.338 e. The molecule has 1 aliphatic heterocycles. The second-order valence-electron chi connectivity index (χ2n) is 3.59. The van der Waals surface area contributed by atoms with Crippen LogP contribution in [0.3, 0.4) is 0 Å². The van der Waals surface area contributed by atoms with Crippen LogP contribution in [0.1, 0.15) is 5.69 Å². The molecule has 2 aromatic rings. The molecule has 3 nitrogen and oxygen atoms in total. The van der Waals surface area contributed by atoms with E-state index in [0.717, 1.165) is 24.3 Å². The monoisotopic (exact) mass is 197 g/mol. The molecule has 0 fully saturated rings. The summed E-state index contributed by atoms with van der Waals surface area (Å²) < 4.78 is 0. The van der Waals surface area contributed by atoms with Crippen LogP contribution in [-0.2, 0) is 6.42 Å². The Morgan fingerprint density at radius 3 is 2.87 bits per heavy atom. The smallest absolute Gasteiger partial charge is 0.115 e. The molecule has 1 aromatic heterocycles. The number of hydrogen-bond acceptors (Lipinski definition) is 3. The maximum atomic E-state index is 4.28. The van der Waals surface area contributed by atoms with Gasteiger partial charge in [-0.25, -0.2) is 9.97 Å². The average molecular weight is 197 g/mol. The molecule has 0 saturated carbocycles. The van der Waals surface area contributed by atoms with Crippen molar-refractivity contribution in [1.82, 2.24) is 9.97 Å². The zero-order chi connectivity index (χ0) is 10.1. The lowest BCUT2D eigenvalue weighted by molar-refractivity contribution is 0.975. The molecule has 1 aliphatic rings. The van der Waals surface area contributed by atoms with Crippen molar-refractivity contribution in [2.75, 3.05) is 11.4 Å². The third-order valence-electron chi connectivity index (χ3n) is 2.70. The molecule has 0 atom stereocenters. The van der Waals surface area contributed by atoms with E-state index in [-0.39, 0.29) is 0 Å². The van der Waals surface area contributed by atoms with E-state index in [9.17, 15) is 0 Å². The van der Waals surface area contributed by atoms with Gasteiger partial charge < -0.3 is 4.90 Å². The lowest BCUT2D eigenvalue weighted by Gasteiger charge is -2.18. The maximum Gasteiger partial charge on any atom is 0.115 e. The number of anilines is 2. The highest BCUT2D eigenvalue weighted by molar-refractivity contribution is 5.67. The Morgan fingerprint density at radius 1 is 1.13 bits per heavy atom. The van der Waals surface area contributed by atoms with Gasteiger partial charge in [-0.2, -0.15) is 0 Å². The molecule has 0 spiro atoms. The standard InChI is InChI=1S/C12H11N3/c1-2-4-10(5-3-1)15-7-6-11-12(15)8-13-9-14-11/h1-5,8-9H,6-7H2. The number of nitrogens with zero attached hydrogens (tertiary/aromatic N) is 3. The first-order valence-corrected chi connectivity index (χ1v) is 5.06. The molecule has 0 unspecified atom stereocenters. The molecule has 0 saturated heterocycles. The Bertz CT molecular complexity index is 467. The topological polar surface area (TPSA) is 29.0 Å². The summed E-state index contributed by atoms with van der Waals surface area (Å²) in [5, 5.41) is 0. The van der Waals surface area contributed by atoms with Gasteiger partial charge in [0, 0.05) is 18.7 Å². The Labute approximate surface area is 88.4 Å². The first-order valence-electron chi connectivity index (χ1n) is 5.06. The number of hydrogen-bond donors (Lipinski definition) is 0. The van der Waals surface area contributed by atoms with Crippen molar-refractivity contribution < 1.29 is 0 Å². The minimum atomic E-state index is 0.998. The van der Waals surface area contributed by atoms with Crippen molar-refractivity contribution in [3.63, 3.8) is 0 Å². The van der Waals surface area contributed by atoms with Gasteiger partial charge in [0.25, 0.3) is 0 Å². The van der Waals surface area contributed by atoms with E-state index in [4.69, 9.17) is 0 Å². The van der Waals surface area contributed by atoms with E-state index in [2.05, 4.69) is 39.1 Å². The second kappa shape index (κ2) is 3.35. The summed E-state index contributed by atoms with van der Waals surface area (Å²) in [5.74, 6) is 0. The molecule has 0 aliphatic carbocycles. The molecule has 2 heterocycles. The van der Waals surface area contributed by atoms with E-state index in [1.54, 1.807) is 6.33 Å².